The van der Waals surface area contributed by atoms with Gasteiger partial charge in [0, 0.05) is 59.5 Å². The fraction of sp³-hybridized carbons (Fsp3) is 0.458. The number of hydrogen-bond acceptors (Lipinski definition) is 12. The molecule has 214 valence electrons. The Kier molecular flexibility index (Phi) is 7.88. The van der Waals surface area contributed by atoms with Crippen molar-refractivity contribution in [1.29, 1.82) is 0 Å². The zero-order chi connectivity index (χ0) is 28.3. The minimum Gasteiger partial charge on any atom is -0.475 e. The Morgan fingerprint density at radius 1 is 1.10 bits per heavy atom. The average molecular weight is 563 g/mol. The second kappa shape index (κ2) is 11.5. The lowest BCUT2D eigenvalue weighted by Crippen LogP contribution is -2.48. The van der Waals surface area contributed by atoms with Gasteiger partial charge in [0.2, 0.25) is 17.7 Å². The third kappa shape index (κ3) is 6.02. The van der Waals surface area contributed by atoms with Gasteiger partial charge in [-0.15, -0.1) is 5.10 Å². The molecule has 1 saturated heterocycles. The molecule has 0 radical (unpaired) electrons. The molecule has 5 rings (SSSR count). The third-order valence-corrected chi connectivity index (χ3v) is 6.51. The van der Waals surface area contributed by atoms with E-state index in [0.717, 1.165) is 12.6 Å². The highest BCUT2D eigenvalue weighted by atomic mass is 19.4. The normalized spacial score (nSPS) is 14.7. The van der Waals surface area contributed by atoms with Crippen LogP contribution >= 0.6 is 0 Å². The number of likely N-dealkylation sites (N-methyl/N-ethyl adjacent to an activating group) is 1. The quantitative estimate of drug-likeness (QED) is 0.283. The Bertz CT molecular complexity index is 1420. The number of aromatic nitrogens is 6. The summed E-state index contributed by atoms with van der Waals surface area (Å²) >= 11 is 0. The van der Waals surface area contributed by atoms with Gasteiger partial charge >= 0.3 is 6.18 Å². The zero-order valence-electron chi connectivity index (χ0n) is 22.0. The Labute approximate surface area is 227 Å². The molecule has 4 aromatic rings. The SMILES string of the molecule is COCCOc1ncc(N2CCN(CCN(C)c3cc4nc(-c5ncco5)nn4c(N)n3)CC2)cc1C(F)(F)F. The van der Waals surface area contributed by atoms with Crippen molar-refractivity contribution < 1.29 is 27.1 Å². The van der Waals surface area contributed by atoms with Crippen LogP contribution in [0, 0.1) is 0 Å². The highest BCUT2D eigenvalue weighted by Crippen LogP contribution is 2.37. The molecular formula is C24H29F3N10O3. The number of anilines is 3. The van der Waals surface area contributed by atoms with Gasteiger partial charge in [0.15, 0.2) is 5.65 Å². The molecule has 4 aromatic heterocycles. The molecular weight excluding hydrogens is 533 g/mol. The maximum absolute atomic E-state index is 13.6. The molecule has 1 aliphatic rings. The van der Waals surface area contributed by atoms with Crippen molar-refractivity contribution >= 4 is 23.1 Å². The smallest absolute Gasteiger partial charge is 0.421 e. The number of nitrogens with two attached hydrogens (primary N) is 1. The van der Waals surface area contributed by atoms with Crippen LogP contribution in [-0.2, 0) is 10.9 Å². The molecule has 16 heteroatoms. The second-order valence-electron chi connectivity index (χ2n) is 9.15. The fourth-order valence-electron chi connectivity index (χ4n) is 4.31. The van der Waals surface area contributed by atoms with Crippen LogP contribution < -0.4 is 20.3 Å². The molecule has 0 bridgehead atoms. The number of fused-ring (bicyclic) bond motifs is 1. The van der Waals surface area contributed by atoms with E-state index in [-0.39, 0.29) is 25.1 Å². The standard InChI is InChI=1S/C24H29F3N10O3/c1-34(18-14-19-31-20(22-29-3-10-39-22)33-37(19)23(28)32-18)4-5-35-6-8-36(9-7-35)16-13-17(24(25,26)27)21(30-15-16)40-12-11-38-2/h3,10,13-15H,4-9,11-12H2,1-2H3,(H2,28,32). The van der Waals surface area contributed by atoms with Gasteiger partial charge in [-0.25, -0.2) is 15.0 Å². The first-order chi connectivity index (χ1) is 19.2. The van der Waals surface area contributed by atoms with Crippen LogP contribution in [0.4, 0.5) is 30.6 Å². The first-order valence-corrected chi connectivity index (χ1v) is 12.5. The van der Waals surface area contributed by atoms with E-state index in [2.05, 4.69) is 29.9 Å². The number of nitrogens with zero attached hydrogens (tertiary/aromatic N) is 9. The summed E-state index contributed by atoms with van der Waals surface area (Å²) in [5.74, 6) is 0.965. The number of hydrogen-bond donors (Lipinski definition) is 1. The van der Waals surface area contributed by atoms with E-state index in [4.69, 9.17) is 19.6 Å². The van der Waals surface area contributed by atoms with Gasteiger partial charge in [0.05, 0.1) is 24.7 Å². The fourth-order valence-corrected chi connectivity index (χ4v) is 4.31. The number of alkyl halides is 3. The van der Waals surface area contributed by atoms with Crippen molar-refractivity contribution in [3.63, 3.8) is 0 Å². The minimum atomic E-state index is -4.58. The van der Waals surface area contributed by atoms with Gasteiger partial charge in [0.1, 0.15) is 24.3 Å². The van der Waals surface area contributed by atoms with Crippen LogP contribution in [0.2, 0.25) is 0 Å². The Morgan fingerprint density at radius 3 is 2.60 bits per heavy atom. The van der Waals surface area contributed by atoms with Crippen LogP contribution in [0.25, 0.3) is 17.4 Å². The van der Waals surface area contributed by atoms with E-state index >= 15 is 0 Å². The van der Waals surface area contributed by atoms with Crippen molar-refractivity contribution in [3.8, 4) is 17.6 Å². The monoisotopic (exact) mass is 562 g/mol. The van der Waals surface area contributed by atoms with E-state index in [1.165, 1.54) is 30.3 Å². The zero-order valence-corrected chi connectivity index (χ0v) is 22.0. The van der Waals surface area contributed by atoms with Gasteiger partial charge in [-0.3, -0.25) is 4.90 Å². The number of piperazine rings is 1. The molecule has 5 heterocycles. The highest BCUT2D eigenvalue weighted by Gasteiger charge is 2.36. The summed E-state index contributed by atoms with van der Waals surface area (Å²) < 4.78 is 57.7. The molecule has 1 aliphatic heterocycles. The topological polar surface area (TPSA) is 136 Å². The molecule has 0 atom stereocenters. The molecule has 1 fully saturated rings. The van der Waals surface area contributed by atoms with Crippen LogP contribution in [0.15, 0.2) is 35.2 Å². The molecule has 0 aliphatic carbocycles. The molecule has 13 nitrogen and oxygen atoms in total. The van der Waals surface area contributed by atoms with Crippen LogP contribution in [-0.4, -0.2) is 101 Å². The first kappa shape index (κ1) is 27.4. The van der Waals surface area contributed by atoms with E-state index in [0.29, 0.717) is 55.7 Å². The van der Waals surface area contributed by atoms with Gasteiger partial charge in [-0.1, -0.05) is 0 Å². The largest absolute Gasteiger partial charge is 0.475 e. The van der Waals surface area contributed by atoms with E-state index < -0.39 is 17.6 Å². The summed E-state index contributed by atoms with van der Waals surface area (Å²) in [6.07, 6.45) is -0.212. The molecule has 40 heavy (non-hydrogen) atoms. The number of nitrogen functional groups attached to an aromatic ring is 1. The lowest BCUT2D eigenvalue weighted by molar-refractivity contribution is -0.139. The predicted octanol–water partition coefficient (Wildman–Crippen LogP) is 2.06. The maximum atomic E-state index is 13.6. The van der Waals surface area contributed by atoms with Gasteiger partial charge in [0.25, 0.3) is 5.89 Å². The number of methoxy groups -OCH3 is 1. The van der Waals surface area contributed by atoms with Crippen LogP contribution in [0.3, 0.4) is 0 Å². The van der Waals surface area contributed by atoms with E-state index in [9.17, 15) is 13.2 Å². The number of halogens is 3. The number of pyridine rings is 1. The van der Waals surface area contributed by atoms with Crippen molar-refractivity contribution in [2.45, 2.75) is 6.18 Å². The van der Waals surface area contributed by atoms with Crippen molar-refractivity contribution in [3.05, 3.63) is 36.4 Å². The molecule has 0 amide bonds. The lowest BCUT2D eigenvalue weighted by atomic mass is 10.2. The third-order valence-electron chi connectivity index (χ3n) is 6.51. The van der Waals surface area contributed by atoms with E-state index in [1.807, 2.05) is 16.8 Å². The van der Waals surface area contributed by atoms with Crippen molar-refractivity contribution in [2.24, 2.45) is 0 Å². The second-order valence-corrected chi connectivity index (χ2v) is 9.15. The van der Waals surface area contributed by atoms with E-state index in [1.54, 1.807) is 6.07 Å². The van der Waals surface area contributed by atoms with Crippen molar-refractivity contribution in [1.82, 2.24) is 34.4 Å². The van der Waals surface area contributed by atoms with Gasteiger partial charge < -0.3 is 29.4 Å². The Balaban J connectivity index is 1.18. The first-order valence-electron chi connectivity index (χ1n) is 12.5. The van der Waals surface area contributed by atoms with Crippen molar-refractivity contribution in [2.75, 3.05) is 82.2 Å². The summed E-state index contributed by atoms with van der Waals surface area (Å²) in [4.78, 5) is 23.0. The van der Waals surface area contributed by atoms with Crippen LogP contribution in [0.1, 0.15) is 5.56 Å². The summed E-state index contributed by atoms with van der Waals surface area (Å²) in [6.45, 7) is 4.01. The summed E-state index contributed by atoms with van der Waals surface area (Å²) in [6, 6.07) is 2.88. The maximum Gasteiger partial charge on any atom is 0.421 e. The molecule has 2 N–H and O–H groups in total. The molecule has 0 aromatic carbocycles. The number of rotatable bonds is 10. The van der Waals surface area contributed by atoms with Crippen LogP contribution in [0.5, 0.6) is 5.88 Å². The Morgan fingerprint density at radius 2 is 1.90 bits per heavy atom. The summed E-state index contributed by atoms with van der Waals surface area (Å²) in [5.41, 5.74) is 6.14. The molecule has 0 saturated carbocycles. The lowest BCUT2D eigenvalue weighted by Gasteiger charge is -2.36. The summed E-state index contributed by atoms with van der Waals surface area (Å²) in [5, 5.41) is 4.30. The van der Waals surface area contributed by atoms with Gasteiger partial charge in [-0.05, 0) is 6.07 Å². The number of oxazole rings is 1. The van der Waals surface area contributed by atoms with Gasteiger partial charge in [-0.2, -0.15) is 22.7 Å². The predicted molar refractivity (Wildman–Crippen MR) is 139 cm³/mol. The average Bonchev–Trinajstić information content (AvgIpc) is 3.62. The highest BCUT2D eigenvalue weighted by molar-refractivity contribution is 5.58. The molecule has 0 spiro atoms. The minimum absolute atomic E-state index is 0.0164. The molecule has 0 unspecified atom stereocenters. The summed E-state index contributed by atoms with van der Waals surface area (Å²) in [7, 11) is 3.35. The number of ether oxygens (including phenoxy) is 2. The Hall–Kier alpha value is -4.18.